The van der Waals surface area contributed by atoms with E-state index in [1.807, 2.05) is 24.3 Å². The van der Waals surface area contributed by atoms with Crippen LogP contribution in [0, 0.1) is 5.92 Å². The van der Waals surface area contributed by atoms with E-state index in [0.29, 0.717) is 6.42 Å². The second-order valence-corrected chi connectivity index (χ2v) is 5.94. The molecule has 0 fully saturated rings. The molecule has 1 aliphatic rings. The predicted octanol–water partition coefficient (Wildman–Crippen LogP) is 1.18. The Morgan fingerprint density at radius 1 is 0.917 bits per heavy atom. The number of hydrogen-bond acceptors (Lipinski definition) is 4. The average molecular weight is 324 g/mol. The van der Waals surface area contributed by atoms with Gasteiger partial charge in [-0.25, -0.2) is 11.7 Å². The van der Waals surface area contributed by atoms with Crippen molar-refractivity contribution in [3.63, 3.8) is 0 Å². The molecule has 0 bridgehead atoms. The second kappa shape index (κ2) is 6.82. The van der Waals surface area contributed by atoms with Crippen LogP contribution in [-0.2, 0) is 9.59 Å². The number of hydrogen-bond donors (Lipinski definition) is 4. The lowest BCUT2D eigenvalue weighted by atomic mass is 9.85. The Morgan fingerprint density at radius 3 is 1.96 bits per heavy atom. The van der Waals surface area contributed by atoms with Crippen LogP contribution in [0.5, 0.6) is 0 Å². The van der Waals surface area contributed by atoms with Gasteiger partial charge in [-0.15, -0.1) is 0 Å². The highest BCUT2D eigenvalue weighted by atomic mass is 16.2. The first-order chi connectivity index (χ1) is 11.7. The average Bonchev–Trinajstić information content (AvgIpc) is 2.94. The summed E-state index contributed by atoms with van der Waals surface area (Å²) < 4.78 is 0. The summed E-state index contributed by atoms with van der Waals surface area (Å²) in [6.07, 6.45) is 0.491. The minimum Gasteiger partial charge on any atom is -0.294 e. The number of carbonyl (C=O) groups is 2. The first-order valence-corrected chi connectivity index (χ1v) is 7.83. The van der Waals surface area contributed by atoms with E-state index < -0.39 is 5.92 Å². The summed E-state index contributed by atoms with van der Waals surface area (Å²) in [5.74, 6) is 9.20. The van der Waals surface area contributed by atoms with Crippen molar-refractivity contribution in [3.05, 3.63) is 59.7 Å². The summed E-state index contributed by atoms with van der Waals surface area (Å²) in [5.41, 5.74) is 8.92. The smallest absolute Gasteiger partial charge is 0.237 e. The molecule has 0 aliphatic heterocycles. The van der Waals surface area contributed by atoms with Crippen molar-refractivity contribution in [2.24, 2.45) is 17.6 Å². The van der Waals surface area contributed by atoms with E-state index in [1.165, 1.54) is 22.3 Å². The standard InChI is InChI=1S/C18H20N4O2/c19-21-17(23)10-11(18(24)22-20)9-16-14-7-3-1-5-12(14)13-6-2-4-8-15(13)16/h1-8,11,16H,9-10,19-20H2,(H,21,23)(H,22,24). The Labute approximate surface area is 140 Å². The van der Waals surface area contributed by atoms with E-state index in [0.717, 1.165) is 0 Å². The van der Waals surface area contributed by atoms with Crippen LogP contribution in [0.15, 0.2) is 48.5 Å². The van der Waals surface area contributed by atoms with Gasteiger partial charge in [0.05, 0.1) is 0 Å². The van der Waals surface area contributed by atoms with Crippen LogP contribution in [0.1, 0.15) is 29.9 Å². The monoisotopic (exact) mass is 324 g/mol. The molecule has 3 rings (SSSR count). The molecule has 0 radical (unpaired) electrons. The van der Waals surface area contributed by atoms with E-state index >= 15 is 0 Å². The summed E-state index contributed by atoms with van der Waals surface area (Å²) in [6.45, 7) is 0. The fourth-order valence-corrected chi connectivity index (χ4v) is 3.48. The molecular formula is C18H20N4O2. The summed E-state index contributed by atoms with van der Waals surface area (Å²) in [7, 11) is 0. The maximum Gasteiger partial charge on any atom is 0.237 e. The normalized spacial score (nSPS) is 13.8. The number of carbonyl (C=O) groups excluding carboxylic acids is 2. The summed E-state index contributed by atoms with van der Waals surface area (Å²) in [4.78, 5) is 23.8. The van der Waals surface area contributed by atoms with E-state index in [-0.39, 0.29) is 24.2 Å². The number of nitrogens with two attached hydrogens (primary N) is 2. The van der Waals surface area contributed by atoms with Crippen molar-refractivity contribution in [2.75, 3.05) is 0 Å². The van der Waals surface area contributed by atoms with Gasteiger partial charge >= 0.3 is 0 Å². The van der Waals surface area contributed by atoms with E-state index in [9.17, 15) is 9.59 Å². The lowest BCUT2D eigenvalue weighted by Crippen LogP contribution is -2.40. The van der Waals surface area contributed by atoms with E-state index in [4.69, 9.17) is 11.7 Å². The van der Waals surface area contributed by atoms with Crippen molar-refractivity contribution < 1.29 is 9.59 Å². The van der Waals surface area contributed by atoms with Crippen LogP contribution in [-0.4, -0.2) is 11.8 Å². The third-order valence-corrected chi connectivity index (χ3v) is 4.59. The van der Waals surface area contributed by atoms with Gasteiger partial charge in [0.1, 0.15) is 0 Å². The molecule has 6 heteroatoms. The Balaban J connectivity index is 1.95. The first-order valence-electron chi connectivity index (χ1n) is 7.83. The molecule has 0 saturated carbocycles. The van der Waals surface area contributed by atoms with Crippen LogP contribution in [0.25, 0.3) is 11.1 Å². The first kappa shape index (κ1) is 16.2. The topological polar surface area (TPSA) is 110 Å². The largest absolute Gasteiger partial charge is 0.294 e. The van der Waals surface area contributed by atoms with Crippen molar-refractivity contribution >= 4 is 11.8 Å². The van der Waals surface area contributed by atoms with Gasteiger partial charge in [-0.3, -0.25) is 20.4 Å². The maximum atomic E-state index is 12.1. The van der Waals surface area contributed by atoms with Gasteiger partial charge in [0, 0.05) is 18.3 Å². The second-order valence-electron chi connectivity index (χ2n) is 5.94. The van der Waals surface area contributed by atoms with Gasteiger partial charge in [-0.1, -0.05) is 48.5 Å². The SMILES string of the molecule is NNC(=O)CC(CC1c2ccccc2-c2ccccc21)C(=O)NN. The number of amides is 2. The lowest BCUT2D eigenvalue weighted by molar-refractivity contribution is -0.130. The molecule has 6 nitrogen and oxygen atoms in total. The molecule has 0 heterocycles. The molecule has 2 aromatic carbocycles. The number of benzene rings is 2. The van der Waals surface area contributed by atoms with Crippen molar-refractivity contribution in [1.29, 1.82) is 0 Å². The zero-order valence-corrected chi connectivity index (χ0v) is 13.2. The molecule has 0 spiro atoms. The Bertz CT molecular complexity index is 730. The van der Waals surface area contributed by atoms with Gasteiger partial charge in [0.25, 0.3) is 0 Å². The molecule has 1 atom stereocenters. The van der Waals surface area contributed by atoms with Gasteiger partial charge < -0.3 is 0 Å². The van der Waals surface area contributed by atoms with Crippen LogP contribution in [0.2, 0.25) is 0 Å². The summed E-state index contributed by atoms with van der Waals surface area (Å²) >= 11 is 0. The fourth-order valence-electron chi connectivity index (χ4n) is 3.48. The molecule has 0 saturated heterocycles. The lowest BCUT2D eigenvalue weighted by Gasteiger charge is -2.20. The third-order valence-electron chi connectivity index (χ3n) is 4.59. The van der Waals surface area contributed by atoms with Crippen molar-refractivity contribution in [2.45, 2.75) is 18.8 Å². The predicted molar refractivity (Wildman–Crippen MR) is 91.1 cm³/mol. The zero-order chi connectivity index (χ0) is 17.1. The molecule has 0 aromatic heterocycles. The van der Waals surface area contributed by atoms with Crippen LogP contribution >= 0.6 is 0 Å². The van der Waals surface area contributed by atoms with Crippen LogP contribution in [0.3, 0.4) is 0 Å². The fraction of sp³-hybridized carbons (Fsp3) is 0.222. The molecule has 2 aromatic rings. The van der Waals surface area contributed by atoms with Gasteiger partial charge in [0.2, 0.25) is 11.8 Å². The minimum absolute atomic E-state index is 0.000364. The molecule has 2 amide bonds. The van der Waals surface area contributed by atoms with Gasteiger partial charge in [-0.2, -0.15) is 0 Å². The third kappa shape index (κ3) is 2.89. The summed E-state index contributed by atoms with van der Waals surface area (Å²) in [6, 6.07) is 16.3. The van der Waals surface area contributed by atoms with Crippen LogP contribution in [0.4, 0.5) is 0 Å². The van der Waals surface area contributed by atoms with Crippen molar-refractivity contribution in [1.82, 2.24) is 10.9 Å². The highest BCUT2D eigenvalue weighted by Gasteiger charge is 2.33. The minimum atomic E-state index is -0.553. The Kier molecular flexibility index (Phi) is 4.59. The number of hydrazine groups is 2. The highest BCUT2D eigenvalue weighted by Crippen LogP contribution is 2.47. The molecule has 24 heavy (non-hydrogen) atoms. The van der Waals surface area contributed by atoms with Gasteiger partial charge in [-0.05, 0) is 28.7 Å². The van der Waals surface area contributed by atoms with Crippen LogP contribution < -0.4 is 22.5 Å². The molecule has 1 aliphatic carbocycles. The summed E-state index contributed by atoms with van der Waals surface area (Å²) in [5, 5.41) is 0. The molecule has 124 valence electrons. The highest BCUT2D eigenvalue weighted by molar-refractivity contribution is 5.86. The van der Waals surface area contributed by atoms with E-state index in [1.54, 1.807) is 0 Å². The Morgan fingerprint density at radius 2 is 1.46 bits per heavy atom. The van der Waals surface area contributed by atoms with Gasteiger partial charge in [0.15, 0.2) is 0 Å². The van der Waals surface area contributed by atoms with Crippen molar-refractivity contribution in [3.8, 4) is 11.1 Å². The molecular weight excluding hydrogens is 304 g/mol. The number of fused-ring (bicyclic) bond motifs is 3. The number of nitrogens with one attached hydrogen (secondary N) is 2. The molecule has 6 N–H and O–H groups in total. The Hall–Kier alpha value is -2.70. The zero-order valence-electron chi connectivity index (χ0n) is 13.2. The number of rotatable bonds is 5. The van der Waals surface area contributed by atoms with E-state index in [2.05, 4.69) is 35.1 Å². The maximum absolute atomic E-state index is 12.1. The molecule has 1 unspecified atom stereocenters. The quantitative estimate of drug-likeness (QED) is 0.376.